The molecule has 0 spiro atoms. The highest BCUT2D eigenvalue weighted by Gasteiger charge is 2.23. The van der Waals surface area contributed by atoms with Crippen molar-refractivity contribution >= 4 is 17.3 Å². The summed E-state index contributed by atoms with van der Waals surface area (Å²) in [5, 5.41) is 23.6. The summed E-state index contributed by atoms with van der Waals surface area (Å²) in [6.07, 6.45) is -1.32. The van der Waals surface area contributed by atoms with Crippen LogP contribution in [0.25, 0.3) is 0 Å². The first-order valence-corrected chi connectivity index (χ1v) is 5.74. The smallest absolute Gasteiger partial charge is 0.265 e. The zero-order chi connectivity index (χ0) is 13.1. The summed E-state index contributed by atoms with van der Waals surface area (Å²) in [7, 11) is 0. The Bertz CT molecular complexity index is 450. The van der Waals surface area contributed by atoms with Gasteiger partial charge in [-0.3, -0.25) is 4.79 Å². The van der Waals surface area contributed by atoms with Gasteiger partial charge < -0.3 is 25.6 Å². The molecule has 0 saturated carbocycles. The van der Waals surface area contributed by atoms with E-state index in [1.54, 1.807) is 25.1 Å². The van der Waals surface area contributed by atoms with Crippen molar-refractivity contribution in [2.75, 3.05) is 23.8 Å². The van der Waals surface area contributed by atoms with E-state index < -0.39 is 12.2 Å². The van der Waals surface area contributed by atoms with Crippen LogP contribution in [-0.2, 0) is 4.79 Å². The third kappa shape index (κ3) is 2.72. The minimum absolute atomic E-state index is 0.168. The first-order chi connectivity index (χ1) is 8.60. The van der Waals surface area contributed by atoms with E-state index in [0.29, 0.717) is 11.4 Å². The van der Waals surface area contributed by atoms with Crippen molar-refractivity contribution in [2.24, 2.45) is 0 Å². The van der Waals surface area contributed by atoms with E-state index in [-0.39, 0.29) is 19.1 Å². The molecule has 18 heavy (non-hydrogen) atoms. The third-order valence-electron chi connectivity index (χ3n) is 2.67. The third-order valence-corrected chi connectivity index (χ3v) is 2.67. The molecular weight excluding hydrogens is 236 g/mol. The second kappa shape index (κ2) is 5.24. The van der Waals surface area contributed by atoms with Gasteiger partial charge in [0, 0.05) is 18.3 Å². The lowest BCUT2D eigenvalue weighted by atomic mass is 10.2. The van der Waals surface area contributed by atoms with Gasteiger partial charge in [0.1, 0.15) is 5.75 Å². The highest BCUT2D eigenvalue weighted by Crippen LogP contribution is 2.32. The monoisotopic (exact) mass is 252 g/mol. The molecule has 2 unspecified atom stereocenters. The van der Waals surface area contributed by atoms with Crippen LogP contribution in [0.2, 0.25) is 0 Å². The van der Waals surface area contributed by atoms with Crippen LogP contribution >= 0.6 is 0 Å². The van der Waals surface area contributed by atoms with Crippen LogP contribution < -0.4 is 15.4 Å². The van der Waals surface area contributed by atoms with Crippen LogP contribution in [0.15, 0.2) is 18.2 Å². The number of carbonyl (C=O) groups excluding carboxylic acids is 1. The lowest BCUT2D eigenvalue weighted by Crippen LogP contribution is -2.34. The number of benzene rings is 1. The number of aliphatic hydroxyl groups is 2. The number of anilines is 2. The molecule has 1 heterocycles. The molecule has 0 fully saturated rings. The number of hydrogen-bond donors (Lipinski definition) is 4. The molecule has 1 aliphatic heterocycles. The fourth-order valence-corrected chi connectivity index (χ4v) is 1.61. The van der Waals surface area contributed by atoms with E-state index >= 15 is 0 Å². The van der Waals surface area contributed by atoms with Crippen LogP contribution in [0.1, 0.15) is 6.92 Å². The molecule has 0 aromatic heterocycles. The molecule has 1 aromatic rings. The molecular formula is C12H16N2O4. The Morgan fingerprint density at radius 3 is 3.06 bits per heavy atom. The maximum atomic E-state index is 11.4. The van der Waals surface area contributed by atoms with Crippen molar-refractivity contribution in [3.63, 3.8) is 0 Å². The standard InChI is InChI=1S/C12H16N2O4/c1-7-12(17)14-10-3-2-8(4-11(10)18-7)13-5-9(16)6-15/h2-4,7,9,13,15-16H,5-6H2,1H3,(H,14,17). The van der Waals surface area contributed by atoms with E-state index in [4.69, 9.17) is 9.84 Å². The quantitative estimate of drug-likeness (QED) is 0.613. The highest BCUT2D eigenvalue weighted by atomic mass is 16.5. The fraction of sp³-hybridized carbons (Fsp3) is 0.417. The maximum Gasteiger partial charge on any atom is 0.265 e. The Kier molecular flexibility index (Phi) is 3.69. The van der Waals surface area contributed by atoms with Crippen molar-refractivity contribution < 1.29 is 19.7 Å². The molecule has 0 radical (unpaired) electrons. The second-order valence-electron chi connectivity index (χ2n) is 4.18. The Morgan fingerprint density at radius 1 is 1.56 bits per heavy atom. The highest BCUT2D eigenvalue weighted by molar-refractivity contribution is 5.97. The molecule has 2 rings (SSSR count). The topological polar surface area (TPSA) is 90.8 Å². The minimum Gasteiger partial charge on any atom is -0.479 e. The van der Waals surface area contributed by atoms with Gasteiger partial charge in [-0.1, -0.05) is 0 Å². The van der Waals surface area contributed by atoms with Crippen molar-refractivity contribution in [3.8, 4) is 5.75 Å². The van der Waals surface area contributed by atoms with Gasteiger partial charge in [0.25, 0.3) is 5.91 Å². The summed E-state index contributed by atoms with van der Waals surface area (Å²) in [5.74, 6) is 0.421. The number of fused-ring (bicyclic) bond motifs is 1. The Morgan fingerprint density at radius 2 is 2.33 bits per heavy atom. The van der Waals surface area contributed by atoms with Crippen LogP contribution in [0, 0.1) is 0 Å². The summed E-state index contributed by atoms with van der Waals surface area (Å²) in [6.45, 7) is 1.63. The Hall–Kier alpha value is -1.79. The second-order valence-corrected chi connectivity index (χ2v) is 4.18. The van der Waals surface area contributed by atoms with Gasteiger partial charge in [0.2, 0.25) is 0 Å². The number of carbonyl (C=O) groups is 1. The molecule has 98 valence electrons. The van der Waals surface area contributed by atoms with Crippen LogP contribution in [0.5, 0.6) is 5.75 Å². The van der Waals surface area contributed by atoms with Gasteiger partial charge in [-0.2, -0.15) is 0 Å². The van der Waals surface area contributed by atoms with E-state index in [2.05, 4.69) is 10.6 Å². The maximum absolute atomic E-state index is 11.4. The van der Waals surface area contributed by atoms with Gasteiger partial charge in [-0.05, 0) is 19.1 Å². The molecule has 6 nitrogen and oxygen atoms in total. The number of nitrogens with one attached hydrogen (secondary N) is 2. The van der Waals surface area contributed by atoms with Crippen molar-refractivity contribution in [1.29, 1.82) is 0 Å². The Labute approximate surface area is 105 Å². The molecule has 6 heteroatoms. The molecule has 0 saturated heterocycles. The molecule has 1 aromatic carbocycles. The zero-order valence-corrected chi connectivity index (χ0v) is 10.0. The van der Waals surface area contributed by atoms with Crippen LogP contribution in [0.3, 0.4) is 0 Å². The predicted octanol–water partition coefficient (Wildman–Crippen LogP) is 0.171. The van der Waals surface area contributed by atoms with Gasteiger partial charge in [-0.15, -0.1) is 0 Å². The summed E-state index contributed by atoms with van der Waals surface area (Å²) < 4.78 is 5.45. The molecule has 4 N–H and O–H groups in total. The lowest BCUT2D eigenvalue weighted by Gasteiger charge is -2.24. The van der Waals surface area contributed by atoms with E-state index in [1.807, 2.05) is 0 Å². The summed E-state index contributed by atoms with van der Waals surface area (Å²) in [6, 6.07) is 5.24. The lowest BCUT2D eigenvalue weighted by molar-refractivity contribution is -0.122. The first-order valence-electron chi connectivity index (χ1n) is 5.74. The molecule has 0 bridgehead atoms. The SMILES string of the molecule is CC1Oc2cc(NCC(O)CO)ccc2NC1=O. The van der Waals surface area contributed by atoms with Gasteiger partial charge in [0.15, 0.2) is 6.10 Å². The molecule has 2 atom stereocenters. The molecule has 0 aliphatic carbocycles. The van der Waals surface area contributed by atoms with Crippen molar-refractivity contribution in [2.45, 2.75) is 19.1 Å². The van der Waals surface area contributed by atoms with E-state index in [1.165, 1.54) is 0 Å². The molecule has 1 aliphatic rings. The van der Waals surface area contributed by atoms with Gasteiger partial charge in [0.05, 0.1) is 18.4 Å². The fourth-order valence-electron chi connectivity index (χ4n) is 1.61. The molecule has 1 amide bonds. The largest absolute Gasteiger partial charge is 0.479 e. The normalized spacial score (nSPS) is 19.5. The summed E-state index contributed by atoms with van der Waals surface area (Å²) in [4.78, 5) is 11.4. The average Bonchev–Trinajstić information content (AvgIpc) is 2.37. The van der Waals surface area contributed by atoms with Gasteiger partial charge >= 0.3 is 0 Å². The van der Waals surface area contributed by atoms with Crippen molar-refractivity contribution in [3.05, 3.63) is 18.2 Å². The van der Waals surface area contributed by atoms with Crippen molar-refractivity contribution in [1.82, 2.24) is 0 Å². The number of ether oxygens (including phenoxy) is 1. The first kappa shape index (κ1) is 12.7. The number of aliphatic hydroxyl groups excluding tert-OH is 2. The Balaban J connectivity index is 2.08. The van der Waals surface area contributed by atoms with Crippen LogP contribution in [0.4, 0.5) is 11.4 Å². The summed E-state index contributed by atoms with van der Waals surface area (Å²) >= 11 is 0. The van der Waals surface area contributed by atoms with E-state index in [0.717, 1.165) is 5.69 Å². The minimum atomic E-state index is -0.805. The number of amides is 1. The number of rotatable bonds is 4. The van der Waals surface area contributed by atoms with Gasteiger partial charge in [-0.25, -0.2) is 0 Å². The zero-order valence-electron chi connectivity index (χ0n) is 10.0. The number of hydrogen-bond acceptors (Lipinski definition) is 5. The summed E-state index contributed by atoms with van der Waals surface area (Å²) in [5.41, 5.74) is 1.39. The average molecular weight is 252 g/mol. The predicted molar refractivity (Wildman–Crippen MR) is 66.7 cm³/mol. The van der Waals surface area contributed by atoms with E-state index in [9.17, 15) is 9.90 Å². The van der Waals surface area contributed by atoms with Crippen LogP contribution in [-0.4, -0.2) is 41.5 Å².